The molecule has 8 heteroatoms. The number of carbonyl (C=O) groups is 1. The molecule has 2 N–H and O–H groups in total. The van der Waals surface area contributed by atoms with Crippen molar-refractivity contribution in [3.8, 4) is 0 Å². The van der Waals surface area contributed by atoms with Crippen molar-refractivity contribution in [2.24, 2.45) is 0 Å². The molecule has 2 saturated heterocycles. The molecule has 2 aliphatic heterocycles. The summed E-state index contributed by atoms with van der Waals surface area (Å²) in [6, 6.07) is 0.532. The summed E-state index contributed by atoms with van der Waals surface area (Å²) in [6.07, 6.45) is 5.22. The Labute approximate surface area is 130 Å². The fourth-order valence-electron chi connectivity index (χ4n) is 3.19. The van der Waals surface area contributed by atoms with E-state index in [9.17, 15) is 4.79 Å². The van der Waals surface area contributed by atoms with Gasteiger partial charge in [0.1, 0.15) is 6.33 Å². The molecule has 0 aromatic carbocycles. The minimum atomic E-state index is 0.0520. The minimum absolute atomic E-state index is 0.0520. The lowest BCUT2D eigenvalue weighted by atomic mass is 10.0. The molecule has 2 fully saturated rings. The fourth-order valence-corrected chi connectivity index (χ4v) is 3.19. The van der Waals surface area contributed by atoms with Crippen LogP contribution in [0.5, 0.6) is 0 Å². The number of aromatic nitrogens is 3. The van der Waals surface area contributed by atoms with Crippen molar-refractivity contribution in [3.05, 3.63) is 6.33 Å². The maximum absolute atomic E-state index is 12.3. The molecular weight excluding hydrogens is 282 g/mol. The first-order valence-corrected chi connectivity index (χ1v) is 8.07. The number of H-pyrrole nitrogens is 1. The molecule has 3 heterocycles. The molecule has 1 aromatic heterocycles. The van der Waals surface area contributed by atoms with Gasteiger partial charge in [0, 0.05) is 38.8 Å². The molecule has 0 saturated carbocycles. The lowest BCUT2D eigenvalue weighted by Gasteiger charge is -2.36. The monoisotopic (exact) mass is 307 g/mol. The van der Waals surface area contributed by atoms with Crippen molar-refractivity contribution >= 4 is 12.0 Å². The first-order valence-electron chi connectivity index (χ1n) is 8.07. The first-order chi connectivity index (χ1) is 10.7. The van der Waals surface area contributed by atoms with Crippen LogP contribution < -0.4 is 10.2 Å². The van der Waals surface area contributed by atoms with Gasteiger partial charge in [0.25, 0.3) is 0 Å². The van der Waals surface area contributed by atoms with Gasteiger partial charge in [-0.25, -0.2) is 9.89 Å². The molecule has 8 nitrogen and oxygen atoms in total. The number of nitrogens with zero attached hydrogens (tertiary/aromatic N) is 5. The standard InChI is InChI=1S/C14H25N7O/c1-19-5-3-2-4-12(19)10-15-14(22)21-8-6-20(7-9-21)13-16-11-17-18-13/h11-12H,2-10H2,1H3,(H,15,22)(H,16,17,18). The Kier molecular flexibility index (Phi) is 4.77. The van der Waals surface area contributed by atoms with E-state index in [2.05, 4.69) is 37.3 Å². The number of rotatable bonds is 3. The molecule has 0 radical (unpaired) electrons. The van der Waals surface area contributed by atoms with Crippen molar-refractivity contribution in [3.63, 3.8) is 0 Å². The number of carbonyl (C=O) groups excluding carboxylic acids is 1. The van der Waals surface area contributed by atoms with Gasteiger partial charge in [0.2, 0.25) is 5.95 Å². The number of likely N-dealkylation sites (N-methyl/N-ethyl adjacent to an activating group) is 1. The number of hydrogen-bond donors (Lipinski definition) is 2. The van der Waals surface area contributed by atoms with E-state index in [-0.39, 0.29) is 6.03 Å². The molecule has 1 aromatic rings. The van der Waals surface area contributed by atoms with Gasteiger partial charge in [0.05, 0.1) is 0 Å². The third-order valence-corrected chi connectivity index (χ3v) is 4.68. The van der Waals surface area contributed by atoms with Crippen LogP contribution in [0.25, 0.3) is 0 Å². The molecule has 0 spiro atoms. The van der Waals surface area contributed by atoms with Gasteiger partial charge in [-0.3, -0.25) is 0 Å². The summed E-state index contributed by atoms with van der Waals surface area (Å²) < 4.78 is 0. The summed E-state index contributed by atoms with van der Waals surface area (Å²) in [5.74, 6) is 0.781. The third-order valence-electron chi connectivity index (χ3n) is 4.68. The van der Waals surface area contributed by atoms with Crippen molar-refractivity contribution in [2.75, 3.05) is 51.2 Å². The number of likely N-dealkylation sites (tertiary alicyclic amines) is 1. The topological polar surface area (TPSA) is 80.4 Å². The normalized spacial score (nSPS) is 23.6. The Hall–Kier alpha value is -1.83. The van der Waals surface area contributed by atoms with Crippen molar-refractivity contribution in [1.82, 2.24) is 30.3 Å². The summed E-state index contributed by atoms with van der Waals surface area (Å²) >= 11 is 0. The highest BCUT2D eigenvalue weighted by Crippen LogP contribution is 2.14. The predicted octanol–water partition coefficient (Wildman–Crippen LogP) is 0.121. The molecule has 0 aliphatic carbocycles. The number of piperidine rings is 1. The molecule has 1 unspecified atom stereocenters. The van der Waals surface area contributed by atoms with Crippen LogP contribution in [0.1, 0.15) is 19.3 Å². The average molecular weight is 307 g/mol. The van der Waals surface area contributed by atoms with E-state index in [1.807, 2.05) is 4.90 Å². The number of nitrogens with one attached hydrogen (secondary N) is 2. The lowest BCUT2D eigenvalue weighted by molar-refractivity contribution is 0.167. The van der Waals surface area contributed by atoms with Gasteiger partial charge < -0.3 is 20.0 Å². The number of amides is 2. The van der Waals surface area contributed by atoms with E-state index in [4.69, 9.17) is 0 Å². The molecule has 3 rings (SSSR count). The summed E-state index contributed by atoms with van der Waals surface area (Å²) in [5, 5.41) is 9.82. The molecular formula is C14H25N7O. The van der Waals surface area contributed by atoms with Crippen LogP contribution in [0, 0.1) is 0 Å². The van der Waals surface area contributed by atoms with Crippen LogP contribution in [0.4, 0.5) is 10.7 Å². The SMILES string of the molecule is CN1CCCCC1CNC(=O)N1CCN(c2ncn[nH]2)CC1. The second-order valence-corrected chi connectivity index (χ2v) is 6.10. The quantitative estimate of drug-likeness (QED) is 0.829. The predicted molar refractivity (Wildman–Crippen MR) is 83.8 cm³/mol. The van der Waals surface area contributed by atoms with Gasteiger partial charge in [-0.2, -0.15) is 10.1 Å². The van der Waals surface area contributed by atoms with Crippen LogP contribution in [-0.4, -0.2) is 83.4 Å². The number of piperazine rings is 1. The molecule has 2 aliphatic rings. The van der Waals surface area contributed by atoms with Crippen molar-refractivity contribution in [1.29, 1.82) is 0 Å². The summed E-state index contributed by atoms with van der Waals surface area (Å²) in [5.41, 5.74) is 0. The molecule has 2 amide bonds. The number of anilines is 1. The van der Waals surface area contributed by atoms with Crippen molar-refractivity contribution in [2.45, 2.75) is 25.3 Å². The van der Waals surface area contributed by atoms with Crippen LogP contribution in [0.15, 0.2) is 6.33 Å². The molecule has 22 heavy (non-hydrogen) atoms. The molecule has 1 atom stereocenters. The van der Waals surface area contributed by atoms with E-state index in [1.54, 1.807) is 0 Å². The van der Waals surface area contributed by atoms with Gasteiger partial charge in [-0.1, -0.05) is 6.42 Å². The van der Waals surface area contributed by atoms with Crippen LogP contribution in [0.3, 0.4) is 0 Å². The Balaban J connectivity index is 1.42. The fraction of sp³-hybridized carbons (Fsp3) is 0.786. The zero-order valence-corrected chi connectivity index (χ0v) is 13.2. The van der Waals surface area contributed by atoms with Crippen LogP contribution in [-0.2, 0) is 0 Å². The second kappa shape index (κ2) is 6.95. The Morgan fingerprint density at radius 1 is 1.32 bits per heavy atom. The Morgan fingerprint density at radius 3 is 2.82 bits per heavy atom. The summed E-state index contributed by atoms with van der Waals surface area (Å²) in [7, 11) is 2.14. The Bertz CT molecular complexity index is 470. The second-order valence-electron chi connectivity index (χ2n) is 6.10. The van der Waals surface area contributed by atoms with Gasteiger partial charge >= 0.3 is 6.03 Å². The maximum Gasteiger partial charge on any atom is 0.317 e. The molecule has 0 bridgehead atoms. The van der Waals surface area contributed by atoms with E-state index in [0.29, 0.717) is 19.1 Å². The van der Waals surface area contributed by atoms with Gasteiger partial charge in [-0.05, 0) is 26.4 Å². The molecule has 122 valence electrons. The summed E-state index contributed by atoms with van der Waals surface area (Å²) in [4.78, 5) is 22.8. The van der Waals surface area contributed by atoms with Crippen molar-refractivity contribution < 1.29 is 4.79 Å². The highest BCUT2D eigenvalue weighted by molar-refractivity contribution is 5.74. The third kappa shape index (κ3) is 3.49. The zero-order chi connectivity index (χ0) is 15.4. The first kappa shape index (κ1) is 15.1. The average Bonchev–Trinajstić information content (AvgIpc) is 3.08. The minimum Gasteiger partial charge on any atom is -0.338 e. The van der Waals surface area contributed by atoms with Gasteiger partial charge in [0.15, 0.2) is 0 Å². The van der Waals surface area contributed by atoms with Crippen LogP contribution >= 0.6 is 0 Å². The smallest absolute Gasteiger partial charge is 0.317 e. The Morgan fingerprint density at radius 2 is 2.14 bits per heavy atom. The van der Waals surface area contributed by atoms with Gasteiger partial charge in [-0.15, -0.1) is 0 Å². The number of hydrogen-bond acceptors (Lipinski definition) is 5. The number of urea groups is 1. The number of aromatic amines is 1. The van der Waals surface area contributed by atoms with Crippen LogP contribution in [0.2, 0.25) is 0 Å². The highest BCUT2D eigenvalue weighted by Gasteiger charge is 2.24. The zero-order valence-electron chi connectivity index (χ0n) is 13.2. The maximum atomic E-state index is 12.3. The van der Waals surface area contributed by atoms with E-state index < -0.39 is 0 Å². The van der Waals surface area contributed by atoms with E-state index in [0.717, 1.165) is 32.1 Å². The summed E-state index contributed by atoms with van der Waals surface area (Å²) in [6.45, 7) is 4.88. The highest BCUT2D eigenvalue weighted by atomic mass is 16.2. The van der Waals surface area contributed by atoms with E-state index >= 15 is 0 Å². The largest absolute Gasteiger partial charge is 0.338 e. The lowest BCUT2D eigenvalue weighted by Crippen LogP contribution is -2.54. The van der Waals surface area contributed by atoms with E-state index in [1.165, 1.54) is 25.6 Å².